The van der Waals surface area contributed by atoms with Gasteiger partial charge in [0, 0.05) is 12.4 Å². The summed E-state index contributed by atoms with van der Waals surface area (Å²) in [5.74, 6) is -0.348. The molecule has 2 aromatic rings. The number of anilines is 1. The topological polar surface area (TPSA) is 56.7 Å². The summed E-state index contributed by atoms with van der Waals surface area (Å²) in [7, 11) is 0. The molecule has 0 unspecified atom stereocenters. The second-order valence-electron chi connectivity index (χ2n) is 3.37. The molecule has 0 amide bonds. The normalized spacial score (nSPS) is 12.7. The fraction of sp³-hybridized carbons (Fsp3) is 0.200. The fourth-order valence-electron chi connectivity index (χ4n) is 1.37. The zero-order chi connectivity index (χ0) is 10.8. The number of halogens is 1. The van der Waals surface area contributed by atoms with Crippen molar-refractivity contribution >= 4 is 5.69 Å². The van der Waals surface area contributed by atoms with E-state index < -0.39 is 0 Å². The van der Waals surface area contributed by atoms with Crippen molar-refractivity contribution < 1.29 is 4.39 Å². The second-order valence-corrected chi connectivity index (χ2v) is 3.37. The fourth-order valence-corrected chi connectivity index (χ4v) is 1.37. The van der Waals surface area contributed by atoms with Crippen molar-refractivity contribution in [2.75, 3.05) is 5.73 Å². The molecule has 0 spiro atoms. The first-order chi connectivity index (χ1) is 7.16. The highest BCUT2D eigenvalue weighted by molar-refractivity contribution is 5.31. The van der Waals surface area contributed by atoms with Crippen LogP contribution in [-0.2, 0) is 0 Å². The van der Waals surface area contributed by atoms with Crippen LogP contribution < -0.4 is 5.73 Å². The van der Waals surface area contributed by atoms with Crippen LogP contribution in [0.5, 0.6) is 0 Å². The highest BCUT2D eigenvalue weighted by atomic mass is 19.1. The Kier molecular flexibility index (Phi) is 2.37. The van der Waals surface area contributed by atoms with Crippen molar-refractivity contribution in [1.82, 2.24) is 14.8 Å². The van der Waals surface area contributed by atoms with E-state index in [0.29, 0.717) is 5.69 Å². The average molecular weight is 206 g/mol. The van der Waals surface area contributed by atoms with E-state index in [0.717, 1.165) is 5.56 Å². The maximum Gasteiger partial charge on any atom is 0.141 e. The molecule has 0 saturated heterocycles. The van der Waals surface area contributed by atoms with Gasteiger partial charge in [0.2, 0.25) is 0 Å². The summed E-state index contributed by atoms with van der Waals surface area (Å²) in [4.78, 5) is 3.79. The molecule has 0 aliphatic carbocycles. The number of nitrogen functional groups attached to an aromatic ring is 1. The molecule has 0 aromatic carbocycles. The van der Waals surface area contributed by atoms with Gasteiger partial charge in [-0.15, -0.1) is 0 Å². The number of pyridine rings is 1. The highest BCUT2D eigenvalue weighted by Gasteiger charge is 2.09. The van der Waals surface area contributed by atoms with E-state index >= 15 is 0 Å². The molecule has 2 aromatic heterocycles. The molecule has 0 radical (unpaired) electrons. The van der Waals surface area contributed by atoms with Gasteiger partial charge in [0.05, 0.1) is 24.1 Å². The quantitative estimate of drug-likeness (QED) is 0.812. The van der Waals surface area contributed by atoms with Crippen LogP contribution in [0.2, 0.25) is 0 Å². The number of aromatic nitrogens is 3. The SMILES string of the molecule is C[C@H](c1cncc(F)c1)n1cc(N)cn1. The van der Waals surface area contributed by atoms with Crippen molar-refractivity contribution in [3.63, 3.8) is 0 Å². The molecule has 0 saturated carbocycles. The molecule has 0 aliphatic heterocycles. The number of rotatable bonds is 2. The summed E-state index contributed by atoms with van der Waals surface area (Å²) in [6.07, 6.45) is 6.05. The second kappa shape index (κ2) is 3.68. The Bertz CT molecular complexity index is 466. The smallest absolute Gasteiger partial charge is 0.141 e. The van der Waals surface area contributed by atoms with E-state index in [1.54, 1.807) is 23.3 Å². The number of nitrogens with two attached hydrogens (primary N) is 1. The summed E-state index contributed by atoms with van der Waals surface area (Å²) in [5, 5.41) is 4.06. The van der Waals surface area contributed by atoms with Crippen LogP contribution >= 0.6 is 0 Å². The molecule has 78 valence electrons. The monoisotopic (exact) mass is 206 g/mol. The van der Waals surface area contributed by atoms with Gasteiger partial charge in [-0.25, -0.2) is 4.39 Å². The van der Waals surface area contributed by atoms with Gasteiger partial charge in [0.25, 0.3) is 0 Å². The van der Waals surface area contributed by atoms with Gasteiger partial charge >= 0.3 is 0 Å². The predicted octanol–water partition coefficient (Wildman–Crippen LogP) is 1.61. The van der Waals surface area contributed by atoms with Crippen LogP contribution in [-0.4, -0.2) is 14.8 Å². The summed E-state index contributed by atoms with van der Waals surface area (Å²) >= 11 is 0. The minimum Gasteiger partial charge on any atom is -0.396 e. The van der Waals surface area contributed by atoms with Gasteiger partial charge in [-0.05, 0) is 18.6 Å². The van der Waals surface area contributed by atoms with E-state index in [9.17, 15) is 4.39 Å². The third kappa shape index (κ3) is 1.96. The predicted molar refractivity (Wildman–Crippen MR) is 54.6 cm³/mol. The van der Waals surface area contributed by atoms with Crippen LogP contribution in [0.15, 0.2) is 30.9 Å². The van der Waals surface area contributed by atoms with Crippen LogP contribution in [0.4, 0.5) is 10.1 Å². The van der Waals surface area contributed by atoms with E-state index in [1.165, 1.54) is 12.3 Å². The van der Waals surface area contributed by atoms with Gasteiger partial charge in [-0.1, -0.05) is 0 Å². The lowest BCUT2D eigenvalue weighted by molar-refractivity contribution is 0.552. The van der Waals surface area contributed by atoms with Crippen LogP contribution in [0, 0.1) is 5.82 Å². The zero-order valence-corrected chi connectivity index (χ0v) is 8.26. The highest BCUT2D eigenvalue weighted by Crippen LogP contribution is 2.17. The van der Waals surface area contributed by atoms with Crippen LogP contribution in [0.3, 0.4) is 0 Å². The molecule has 2 N–H and O–H groups in total. The first-order valence-electron chi connectivity index (χ1n) is 4.57. The molecule has 15 heavy (non-hydrogen) atoms. The van der Waals surface area contributed by atoms with Crippen molar-refractivity contribution in [1.29, 1.82) is 0 Å². The molecule has 0 bridgehead atoms. The van der Waals surface area contributed by atoms with Crippen molar-refractivity contribution in [2.24, 2.45) is 0 Å². The lowest BCUT2D eigenvalue weighted by Gasteiger charge is -2.11. The molecule has 0 aliphatic rings. The standard InChI is InChI=1S/C10H11FN4/c1-7(15-6-10(12)5-14-15)8-2-9(11)4-13-3-8/h2-7H,12H2,1H3/t7-/m1/s1. The first-order valence-corrected chi connectivity index (χ1v) is 4.57. The molecule has 0 fully saturated rings. The Hall–Kier alpha value is -1.91. The summed E-state index contributed by atoms with van der Waals surface area (Å²) in [5.41, 5.74) is 6.90. The van der Waals surface area contributed by atoms with E-state index in [4.69, 9.17) is 5.73 Å². The Balaban J connectivity index is 2.32. The van der Waals surface area contributed by atoms with Gasteiger partial charge in [-0.3, -0.25) is 9.67 Å². The average Bonchev–Trinajstić information content (AvgIpc) is 2.64. The third-order valence-corrected chi connectivity index (χ3v) is 2.23. The van der Waals surface area contributed by atoms with Gasteiger partial charge in [-0.2, -0.15) is 5.10 Å². The van der Waals surface area contributed by atoms with E-state index in [1.807, 2.05) is 6.92 Å². The van der Waals surface area contributed by atoms with Crippen molar-refractivity contribution in [2.45, 2.75) is 13.0 Å². The summed E-state index contributed by atoms with van der Waals surface area (Å²) in [6.45, 7) is 1.91. The van der Waals surface area contributed by atoms with Crippen molar-refractivity contribution in [3.05, 3.63) is 42.2 Å². The Morgan fingerprint density at radius 2 is 2.20 bits per heavy atom. The largest absolute Gasteiger partial charge is 0.396 e. The van der Waals surface area contributed by atoms with E-state index in [2.05, 4.69) is 10.1 Å². The Morgan fingerprint density at radius 3 is 2.80 bits per heavy atom. The molecular formula is C10H11FN4. The molecule has 5 heteroatoms. The maximum absolute atomic E-state index is 12.9. The summed E-state index contributed by atoms with van der Waals surface area (Å²) < 4.78 is 14.6. The van der Waals surface area contributed by atoms with Gasteiger partial charge in [0.1, 0.15) is 5.82 Å². The minimum absolute atomic E-state index is 0.0782. The zero-order valence-electron chi connectivity index (χ0n) is 8.26. The minimum atomic E-state index is -0.348. The third-order valence-electron chi connectivity index (χ3n) is 2.23. The molecule has 4 nitrogen and oxygen atoms in total. The van der Waals surface area contributed by atoms with Gasteiger partial charge in [0.15, 0.2) is 0 Å². The lowest BCUT2D eigenvalue weighted by atomic mass is 10.1. The number of hydrogen-bond acceptors (Lipinski definition) is 3. The molecule has 2 rings (SSSR count). The molecule has 2 heterocycles. The Morgan fingerprint density at radius 1 is 1.40 bits per heavy atom. The van der Waals surface area contributed by atoms with Crippen LogP contribution in [0.25, 0.3) is 0 Å². The number of nitrogens with zero attached hydrogens (tertiary/aromatic N) is 3. The lowest BCUT2D eigenvalue weighted by Crippen LogP contribution is -2.07. The van der Waals surface area contributed by atoms with Crippen LogP contribution in [0.1, 0.15) is 18.5 Å². The molecular weight excluding hydrogens is 195 g/mol. The van der Waals surface area contributed by atoms with E-state index in [-0.39, 0.29) is 11.9 Å². The molecule has 1 atom stereocenters. The summed E-state index contributed by atoms with van der Waals surface area (Å²) in [6, 6.07) is 1.36. The van der Waals surface area contributed by atoms with Gasteiger partial charge < -0.3 is 5.73 Å². The maximum atomic E-state index is 12.9. The Labute approximate surface area is 86.6 Å². The van der Waals surface area contributed by atoms with Crippen molar-refractivity contribution in [3.8, 4) is 0 Å². The first kappa shape index (κ1) is 9.64. The number of hydrogen-bond donors (Lipinski definition) is 1.